The van der Waals surface area contributed by atoms with Crippen LogP contribution in [-0.4, -0.2) is 6.61 Å². The van der Waals surface area contributed by atoms with Gasteiger partial charge in [0.2, 0.25) is 0 Å². The number of rotatable bonds is 3. The molecule has 0 amide bonds. The quantitative estimate of drug-likeness (QED) is 0.536. The first-order valence-electron chi connectivity index (χ1n) is 3.72. The van der Waals surface area contributed by atoms with E-state index in [9.17, 15) is 4.39 Å². The van der Waals surface area contributed by atoms with Gasteiger partial charge in [-0.05, 0) is 5.41 Å². The Morgan fingerprint density at radius 2 is 2.08 bits per heavy atom. The van der Waals surface area contributed by atoms with E-state index in [-0.39, 0.29) is 12.0 Å². The molecular formula is C9H14BrFO. The van der Waals surface area contributed by atoms with Crippen LogP contribution < -0.4 is 0 Å². The highest BCUT2D eigenvalue weighted by Gasteiger charge is 2.02. The van der Waals surface area contributed by atoms with Gasteiger partial charge in [0.25, 0.3) is 6.01 Å². The van der Waals surface area contributed by atoms with Crippen molar-refractivity contribution < 1.29 is 9.13 Å². The van der Waals surface area contributed by atoms with Crippen LogP contribution in [0.25, 0.3) is 0 Å². The van der Waals surface area contributed by atoms with E-state index in [1.54, 1.807) is 6.08 Å². The Bertz CT molecular complexity index is 179. The van der Waals surface area contributed by atoms with E-state index in [2.05, 4.69) is 41.4 Å². The SMILES string of the molecule is CC(C)(C)/C=C/CO/C(F)=C/Br. The summed E-state index contributed by atoms with van der Waals surface area (Å²) in [5.41, 5.74) is 0.123. The maximum absolute atomic E-state index is 12.3. The molecule has 0 aromatic carbocycles. The second-order valence-corrected chi connectivity index (χ2v) is 3.95. The molecule has 1 nitrogen and oxygen atoms in total. The van der Waals surface area contributed by atoms with E-state index in [1.165, 1.54) is 0 Å². The predicted molar refractivity (Wildman–Crippen MR) is 52.7 cm³/mol. The van der Waals surface area contributed by atoms with Gasteiger partial charge in [-0.1, -0.05) is 48.9 Å². The fourth-order valence-electron chi connectivity index (χ4n) is 0.561. The summed E-state index contributed by atoms with van der Waals surface area (Å²) in [5.74, 6) is 0. The minimum Gasteiger partial charge on any atom is -0.466 e. The lowest BCUT2D eigenvalue weighted by Crippen LogP contribution is -1.99. The third kappa shape index (κ3) is 7.79. The molecule has 0 saturated carbocycles. The first-order valence-corrected chi connectivity index (χ1v) is 4.63. The molecule has 3 heteroatoms. The highest BCUT2D eigenvalue weighted by molar-refractivity contribution is 9.11. The molecule has 12 heavy (non-hydrogen) atoms. The third-order valence-corrected chi connectivity index (χ3v) is 1.38. The zero-order chi connectivity index (χ0) is 9.61. The van der Waals surface area contributed by atoms with Crippen molar-refractivity contribution in [3.05, 3.63) is 23.2 Å². The summed E-state index contributed by atoms with van der Waals surface area (Å²) >= 11 is 2.82. The normalized spacial score (nSPS) is 13.9. The fourth-order valence-corrected chi connectivity index (χ4v) is 0.693. The van der Waals surface area contributed by atoms with E-state index in [0.717, 1.165) is 4.99 Å². The molecule has 0 heterocycles. The Morgan fingerprint density at radius 1 is 1.50 bits per heavy atom. The first kappa shape index (κ1) is 11.7. The molecule has 0 aromatic rings. The van der Waals surface area contributed by atoms with Gasteiger partial charge in [-0.15, -0.1) is 0 Å². The van der Waals surface area contributed by atoms with E-state index in [4.69, 9.17) is 0 Å². The highest BCUT2D eigenvalue weighted by Crippen LogP contribution is 2.14. The molecular weight excluding hydrogens is 223 g/mol. The molecule has 0 aromatic heterocycles. The van der Waals surface area contributed by atoms with Gasteiger partial charge in [-0.3, -0.25) is 0 Å². The van der Waals surface area contributed by atoms with Gasteiger partial charge in [-0.2, -0.15) is 4.39 Å². The van der Waals surface area contributed by atoms with Crippen molar-refractivity contribution in [2.75, 3.05) is 6.61 Å². The van der Waals surface area contributed by atoms with E-state index in [0.29, 0.717) is 0 Å². The lowest BCUT2D eigenvalue weighted by atomic mass is 9.96. The van der Waals surface area contributed by atoms with Gasteiger partial charge < -0.3 is 4.74 Å². The Balaban J connectivity index is 3.64. The Hall–Kier alpha value is -0.310. The molecule has 0 rings (SSSR count). The zero-order valence-corrected chi connectivity index (χ0v) is 9.19. The molecule has 0 spiro atoms. The van der Waals surface area contributed by atoms with Crippen LogP contribution in [0.2, 0.25) is 0 Å². The molecule has 0 N–H and O–H groups in total. The summed E-state index contributed by atoms with van der Waals surface area (Å²) in [7, 11) is 0. The van der Waals surface area contributed by atoms with Crippen LogP contribution in [0.4, 0.5) is 4.39 Å². The highest BCUT2D eigenvalue weighted by atomic mass is 79.9. The number of hydrogen-bond donors (Lipinski definition) is 0. The number of allylic oxidation sites excluding steroid dienone is 1. The molecule has 0 fully saturated rings. The van der Waals surface area contributed by atoms with Crippen molar-refractivity contribution in [3.63, 3.8) is 0 Å². The van der Waals surface area contributed by atoms with Gasteiger partial charge >= 0.3 is 0 Å². The van der Waals surface area contributed by atoms with Gasteiger partial charge in [0, 0.05) is 0 Å². The summed E-state index contributed by atoms with van der Waals surface area (Å²) in [4.78, 5) is 1.11. The second-order valence-electron chi connectivity index (χ2n) is 3.49. The predicted octanol–water partition coefficient (Wildman–Crippen LogP) is 3.77. The van der Waals surface area contributed by atoms with Crippen molar-refractivity contribution in [2.24, 2.45) is 5.41 Å². The van der Waals surface area contributed by atoms with Crippen LogP contribution in [-0.2, 0) is 4.74 Å². The molecule has 0 aliphatic carbocycles. The van der Waals surface area contributed by atoms with Crippen molar-refractivity contribution >= 4 is 15.9 Å². The van der Waals surface area contributed by atoms with Crippen LogP contribution in [0.3, 0.4) is 0 Å². The van der Waals surface area contributed by atoms with E-state index in [1.807, 2.05) is 6.08 Å². The standard InChI is InChI=1S/C9H14BrFO/c1-9(2,3)5-4-6-12-8(11)7-10/h4-5,7H,6H2,1-3H3/b5-4+,8-7+. The average Bonchev–Trinajstić information content (AvgIpc) is 1.96. The fraction of sp³-hybridized carbons (Fsp3) is 0.556. The minimum atomic E-state index is -0.603. The number of hydrogen-bond acceptors (Lipinski definition) is 1. The summed E-state index contributed by atoms with van der Waals surface area (Å²) < 4.78 is 17.0. The Kier molecular flexibility index (Phi) is 5.22. The molecule has 0 radical (unpaired) electrons. The van der Waals surface area contributed by atoms with Gasteiger partial charge in [-0.25, -0.2) is 0 Å². The van der Waals surface area contributed by atoms with Crippen molar-refractivity contribution in [1.29, 1.82) is 0 Å². The van der Waals surface area contributed by atoms with Gasteiger partial charge in [0.15, 0.2) is 0 Å². The molecule has 0 saturated heterocycles. The number of halogens is 2. The molecule has 0 atom stereocenters. The van der Waals surface area contributed by atoms with Crippen molar-refractivity contribution in [3.8, 4) is 0 Å². The van der Waals surface area contributed by atoms with Crippen molar-refractivity contribution in [2.45, 2.75) is 20.8 Å². The Morgan fingerprint density at radius 3 is 2.50 bits per heavy atom. The van der Waals surface area contributed by atoms with Crippen LogP contribution >= 0.6 is 15.9 Å². The maximum Gasteiger partial charge on any atom is 0.280 e. The molecule has 0 aliphatic rings. The lowest BCUT2D eigenvalue weighted by Gasteiger charge is -2.10. The van der Waals surface area contributed by atoms with Crippen LogP contribution in [0, 0.1) is 5.41 Å². The van der Waals surface area contributed by atoms with Crippen LogP contribution in [0.5, 0.6) is 0 Å². The van der Waals surface area contributed by atoms with Gasteiger partial charge in [0.1, 0.15) is 6.61 Å². The van der Waals surface area contributed by atoms with E-state index >= 15 is 0 Å². The Labute approximate surface area is 81.4 Å². The average molecular weight is 237 g/mol. The van der Waals surface area contributed by atoms with Gasteiger partial charge in [0.05, 0.1) is 4.99 Å². The smallest absolute Gasteiger partial charge is 0.280 e. The molecule has 0 bridgehead atoms. The maximum atomic E-state index is 12.3. The largest absolute Gasteiger partial charge is 0.466 e. The summed E-state index contributed by atoms with van der Waals surface area (Å²) in [6.45, 7) is 6.48. The molecule has 0 unspecified atom stereocenters. The molecule has 70 valence electrons. The summed E-state index contributed by atoms with van der Waals surface area (Å²) in [6.07, 6.45) is 3.78. The summed E-state index contributed by atoms with van der Waals surface area (Å²) in [5, 5.41) is 0. The van der Waals surface area contributed by atoms with Crippen molar-refractivity contribution in [1.82, 2.24) is 0 Å². The number of ether oxygens (including phenoxy) is 1. The van der Waals surface area contributed by atoms with E-state index < -0.39 is 6.01 Å². The first-order chi connectivity index (χ1) is 5.45. The molecule has 0 aliphatic heterocycles. The van der Waals surface area contributed by atoms with Crippen LogP contribution in [0.15, 0.2) is 23.2 Å². The monoisotopic (exact) mass is 236 g/mol. The second kappa shape index (κ2) is 5.36. The summed E-state index contributed by atoms with van der Waals surface area (Å²) in [6, 6.07) is -0.603. The third-order valence-electron chi connectivity index (χ3n) is 1.02. The topological polar surface area (TPSA) is 9.23 Å². The zero-order valence-electron chi connectivity index (χ0n) is 7.60. The van der Waals surface area contributed by atoms with Crippen LogP contribution in [0.1, 0.15) is 20.8 Å². The lowest BCUT2D eigenvalue weighted by molar-refractivity contribution is 0.172. The minimum absolute atomic E-state index is 0.123.